The molecular formula is C28H32N2. The molecule has 0 atom stereocenters. The maximum absolute atomic E-state index is 4.79. The van der Waals surface area contributed by atoms with Gasteiger partial charge >= 0.3 is 0 Å². The van der Waals surface area contributed by atoms with Crippen molar-refractivity contribution in [3.8, 4) is 11.1 Å². The van der Waals surface area contributed by atoms with Gasteiger partial charge in [0.1, 0.15) is 5.82 Å². The van der Waals surface area contributed by atoms with Gasteiger partial charge in [-0.3, -0.25) is 0 Å². The Kier molecular flexibility index (Phi) is 6.13. The molecule has 0 N–H and O–H groups in total. The van der Waals surface area contributed by atoms with Gasteiger partial charge in [-0.25, -0.2) is 9.97 Å². The first-order valence-electron chi connectivity index (χ1n) is 11.4. The Bertz CT molecular complexity index is 1170. The van der Waals surface area contributed by atoms with Crippen LogP contribution >= 0.6 is 0 Å². The van der Waals surface area contributed by atoms with E-state index in [1.165, 1.54) is 64.1 Å². The molecule has 0 fully saturated rings. The number of hydrogen-bond donors (Lipinski definition) is 0. The summed E-state index contributed by atoms with van der Waals surface area (Å²) in [6.07, 6.45) is 7.20. The van der Waals surface area contributed by atoms with Crippen molar-refractivity contribution in [1.29, 1.82) is 0 Å². The first kappa shape index (κ1) is 20.5. The molecule has 1 aromatic heterocycles. The summed E-state index contributed by atoms with van der Waals surface area (Å²) in [4.78, 5) is 9.45. The molecule has 3 aromatic carbocycles. The van der Waals surface area contributed by atoms with Crippen LogP contribution in [0.3, 0.4) is 0 Å². The quantitative estimate of drug-likeness (QED) is 0.298. The topological polar surface area (TPSA) is 25.8 Å². The van der Waals surface area contributed by atoms with Crippen molar-refractivity contribution in [2.45, 2.75) is 66.2 Å². The van der Waals surface area contributed by atoms with Crippen LogP contribution in [0.5, 0.6) is 0 Å². The Morgan fingerprint density at radius 3 is 2.07 bits per heavy atom. The van der Waals surface area contributed by atoms with E-state index in [1.807, 2.05) is 6.92 Å². The van der Waals surface area contributed by atoms with E-state index in [-0.39, 0.29) is 0 Å². The highest BCUT2D eigenvalue weighted by atomic mass is 14.9. The summed E-state index contributed by atoms with van der Waals surface area (Å²) in [6, 6.07) is 18.4. The van der Waals surface area contributed by atoms with Crippen LogP contribution < -0.4 is 0 Å². The van der Waals surface area contributed by atoms with Gasteiger partial charge in [-0.2, -0.15) is 0 Å². The van der Waals surface area contributed by atoms with Crippen molar-refractivity contribution in [2.75, 3.05) is 0 Å². The molecule has 4 rings (SSSR count). The van der Waals surface area contributed by atoms with Crippen molar-refractivity contribution in [2.24, 2.45) is 0 Å². The molecule has 2 nitrogen and oxygen atoms in total. The Morgan fingerprint density at radius 1 is 0.700 bits per heavy atom. The molecule has 1 heterocycles. The lowest BCUT2D eigenvalue weighted by Gasteiger charge is -2.14. The zero-order chi connectivity index (χ0) is 21.1. The first-order chi connectivity index (χ1) is 14.6. The molecular weight excluding hydrogens is 364 g/mol. The number of hydrogen-bond acceptors (Lipinski definition) is 2. The molecule has 0 bridgehead atoms. The van der Waals surface area contributed by atoms with E-state index in [0.29, 0.717) is 0 Å². The second kappa shape index (κ2) is 8.95. The van der Waals surface area contributed by atoms with Gasteiger partial charge in [-0.15, -0.1) is 0 Å². The van der Waals surface area contributed by atoms with Crippen molar-refractivity contribution in [1.82, 2.24) is 9.97 Å². The van der Waals surface area contributed by atoms with E-state index in [4.69, 9.17) is 4.98 Å². The summed E-state index contributed by atoms with van der Waals surface area (Å²) in [5, 5.41) is 3.75. The van der Waals surface area contributed by atoms with Gasteiger partial charge in [0.2, 0.25) is 0 Å². The SMILES string of the molecule is CCCCc1ccc(-c2cc3nc(C)nc(C)c3c3ccc(CCCC)cc23)cc1. The highest BCUT2D eigenvalue weighted by Gasteiger charge is 2.13. The maximum atomic E-state index is 4.79. The summed E-state index contributed by atoms with van der Waals surface area (Å²) in [6.45, 7) is 8.58. The molecule has 0 spiro atoms. The minimum Gasteiger partial charge on any atom is -0.238 e. The Hall–Kier alpha value is -2.74. The predicted molar refractivity (Wildman–Crippen MR) is 129 cm³/mol. The fourth-order valence-corrected chi connectivity index (χ4v) is 4.43. The van der Waals surface area contributed by atoms with Crippen LogP contribution in [-0.4, -0.2) is 9.97 Å². The summed E-state index contributed by atoms with van der Waals surface area (Å²) >= 11 is 0. The van der Waals surface area contributed by atoms with Gasteiger partial charge in [-0.1, -0.05) is 69.2 Å². The molecule has 0 radical (unpaired) electrons. The molecule has 154 valence electrons. The third-order valence-electron chi connectivity index (χ3n) is 6.06. The smallest absolute Gasteiger partial charge is 0.126 e. The zero-order valence-electron chi connectivity index (χ0n) is 18.8. The molecule has 2 heteroatoms. The van der Waals surface area contributed by atoms with E-state index in [9.17, 15) is 0 Å². The minimum atomic E-state index is 0.833. The summed E-state index contributed by atoms with van der Waals surface area (Å²) in [5.74, 6) is 0.833. The summed E-state index contributed by atoms with van der Waals surface area (Å²) in [7, 11) is 0. The third-order valence-corrected chi connectivity index (χ3v) is 6.06. The van der Waals surface area contributed by atoms with Crippen LogP contribution in [0.15, 0.2) is 48.5 Å². The largest absolute Gasteiger partial charge is 0.238 e. The molecule has 0 aliphatic rings. The number of aryl methyl sites for hydroxylation is 4. The van der Waals surface area contributed by atoms with Crippen LogP contribution in [-0.2, 0) is 12.8 Å². The van der Waals surface area contributed by atoms with Crippen LogP contribution in [0.1, 0.15) is 62.2 Å². The van der Waals surface area contributed by atoms with Crippen LogP contribution in [0.2, 0.25) is 0 Å². The van der Waals surface area contributed by atoms with Crippen LogP contribution in [0.25, 0.3) is 32.8 Å². The molecule has 0 amide bonds. The fourth-order valence-electron chi connectivity index (χ4n) is 4.43. The lowest BCUT2D eigenvalue weighted by atomic mass is 9.92. The second-order valence-electron chi connectivity index (χ2n) is 8.46. The van der Waals surface area contributed by atoms with E-state index in [2.05, 4.69) is 74.3 Å². The molecule has 4 aromatic rings. The van der Waals surface area contributed by atoms with E-state index in [1.54, 1.807) is 0 Å². The van der Waals surface area contributed by atoms with Gasteiger partial charge in [0.25, 0.3) is 0 Å². The van der Waals surface area contributed by atoms with Gasteiger partial charge in [0.05, 0.1) is 5.52 Å². The number of aromatic nitrogens is 2. The Balaban J connectivity index is 1.93. The number of unbranched alkanes of at least 4 members (excludes halogenated alkanes) is 2. The highest BCUT2D eigenvalue weighted by Crippen LogP contribution is 2.36. The zero-order valence-corrected chi connectivity index (χ0v) is 18.8. The number of benzene rings is 3. The summed E-state index contributed by atoms with van der Waals surface area (Å²) < 4.78 is 0. The van der Waals surface area contributed by atoms with E-state index < -0.39 is 0 Å². The first-order valence-corrected chi connectivity index (χ1v) is 11.4. The standard InChI is InChI=1S/C28H32N2/c1-5-7-9-21-11-14-23(15-12-21)25-18-27-28(19(3)29-20(4)30-27)24-16-13-22(10-8-6-2)17-26(24)25/h11-18H,5-10H2,1-4H3. The van der Waals surface area contributed by atoms with Gasteiger partial charge in [-0.05, 0) is 78.6 Å². The fraction of sp³-hybridized carbons (Fsp3) is 0.357. The number of nitrogens with zero attached hydrogens (tertiary/aromatic N) is 2. The van der Waals surface area contributed by atoms with Crippen LogP contribution in [0.4, 0.5) is 0 Å². The lowest BCUT2D eigenvalue weighted by Crippen LogP contribution is -1.96. The molecule has 0 saturated heterocycles. The van der Waals surface area contributed by atoms with Crippen molar-refractivity contribution in [3.05, 3.63) is 71.2 Å². The summed E-state index contributed by atoms with van der Waals surface area (Å²) in [5.41, 5.74) is 7.47. The Labute approximate surface area is 180 Å². The van der Waals surface area contributed by atoms with Gasteiger partial charge in [0.15, 0.2) is 0 Å². The number of fused-ring (bicyclic) bond motifs is 3. The number of rotatable bonds is 7. The predicted octanol–water partition coefficient (Wildman–Crippen LogP) is 7.75. The van der Waals surface area contributed by atoms with Crippen molar-refractivity contribution < 1.29 is 0 Å². The molecule has 0 aliphatic carbocycles. The van der Waals surface area contributed by atoms with Gasteiger partial charge < -0.3 is 0 Å². The molecule has 0 unspecified atom stereocenters. The third kappa shape index (κ3) is 4.09. The van der Waals surface area contributed by atoms with Crippen LogP contribution in [0, 0.1) is 13.8 Å². The Morgan fingerprint density at radius 2 is 1.37 bits per heavy atom. The molecule has 0 saturated carbocycles. The van der Waals surface area contributed by atoms with Crippen molar-refractivity contribution >= 4 is 21.7 Å². The monoisotopic (exact) mass is 396 g/mol. The van der Waals surface area contributed by atoms with E-state index >= 15 is 0 Å². The maximum Gasteiger partial charge on any atom is 0.126 e. The average Bonchev–Trinajstić information content (AvgIpc) is 2.75. The van der Waals surface area contributed by atoms with E-state index in [0.717, 1.165) is 29.9 Å². The average molecular weight is 397 g/mol. The second-order valence-corrected chi connectivity index (χ2v) is 8.46. The molecule has 30 heavy (non-hydrogen) atoms. The molecule has 0 aliphatic heterocycles. The highest BCUT2D eigenvalue weighted by molar-refractivity contribution is 6.13. The normalized spacial score (nSPS) is 11.5. The van der Waals surface area contributed by atoms with Crippen molar-refractivity contribution in [3.63, 3.8) is 0 Å². The minimum absolute atomic E-state index is 0.833. The lowest BCUT2D eigenvalue weighted by molar-refractivity contribution is 0.795. The van der Waals surface area contributed by atoms with Gasteiger partial charge in [0, 0.05) is 11.1 Å².